The highest BCUT2D eigenvalue weighted by molar-refractivity contribution is 5.70. The lowest BCUT2D eigenvalue weighted by Crippen LogP contribution is -2.22. The molecule has 1 aliphatic carbocycles. The predicted molar refractivity (Wildman–Crippen MR) is 156 cm³/mol. The molecule has 0 saturated heterocycles. The van der Waals surface area contributed by atoms with Crippen LogP contribution in [0.15, 0.2) is 35.4 Å². The summed E-state index contributed by atoms with van der Waals surface area (Å²) in [6.07, 6.45) is 22.2. The van der Waals surface area contributed by atoms with Crippen LogP contribution in [0.2, 0.25) is 0 Å². The fourth-order valence-electron chi connectivity index (χ4n) is 5.41. The van der Waals surface area contributed by atoms with E-state index in [0.717, 1.165) is 31.3 Å². The molecule has 2 aromatic heterocycles. The Morgan fingerprint density at radius 2 is 1.74 bits per heavy atom. The third-order valence-corrected chi connectivity index (χ3v) is 7.79. The number of aromatic amines is 1. The fourth-order valence-corrected chi connectivity index (χ4v) is 5.41. The van der Waals surface area contributed by atoms with Gasteiger partial charge in [0, 0.05) is 12.3 Å². The summed E-state index contributed by atoms with van der Waals surface area (Å²) in [7, 11) is 0. The number of carbonyl (C=O) groups is 1. The van der Waals surface area contributed by atoms with Crippen LogP contribution in [0.5, 0.6) is 0 Å². The number of allylic oxidation sites excluding steroid dienone is 2. The van der Waals surface area contributed by atoms with Crippen LogP contribution in [-0.2, 0) is 9.53 Å². The number of imidazole rings is 1. The molecule has 39 heavy (non-hydrogen) atoms. The van der Waals surface area contributed by atoms with Crippen molar-refractivity contribution in [1.29, 1.82) is 0 Å². The first-order chi connectivity index (χ1) is 18.9. The van der Waals surface area contributed by atoms with E-state index in [4.69, 9.17) is 4.74 Å². The Labute approximate surface area is 233 Å². The number of aliphatic hydroxyl groups excluding tert-OH is 1. The van der Waals surface area contributed by atoms with Crippen molar-refractivity contribution in [3.63, 3.8) is 0 Å². The molecule has 3 atom stereocenters. The molecule has 0 bridgehead atoms. The highest BCUT2D eigenvalue weighted by Gasteiger charge is 2.39. The van der Waals surface area contributed by atoms with Crippen molar-refractivity contribution in [2.24, 2.45) is 5.92 Å². The van der Waals surface area contributed by atoms with Gasteiger partial charge < -0.3 is 19.4 Å². The summed E-state index contributed by atoms with van der Waals surface area (Å²) < 4.78 is 7.30. The van der Waals surface area contributed by atoms with Crippen molar-refractivity contribution < 1.29 is 14.6 Å². The number of nitrogens with zero attached hydrogens (tertiary/aromatic N) is 3. The Morgan fingerprint density at radius 1 is 1.10 bits per heavy atom. The number of aryl methyl sites for hydroxylation is 1. The summed E-state index contributed by atoms with van der Waals surface area (Å²) >= 11 is 0. The van der Waals surface area contributed by atoms with Crippen molar-refractivity contribution in [1.82, 2.24) is 19.5 Å². The van der Waals surface area contributed by atoms with Gasteiger partial charge in [-0.25, -0.2) is 9.97 Å². The second kappa shape index (κ2) is 16.4. The van der Waals surface area contributed by atoms with E-state index in [2.05, 4.69) is 40.6 Å². The zero-order valence-electron chi connectivity index (χ0n) is 24.0. The van der Waals surface area contributed by atoms with E-state index in [0.29, 0.717) is 24.3 Å². The van der Waals surface area contributed by atoms with Crippen LogP contribution in [0.3, 0.4) is 0 Å². The minimum atomic E-state index is -0.685. The van der Waals surface area contributed by atoms with Crippen LogP contribution in [-0.4, -0.2) is 43.3 Å². The predicted octanol–water partition coefficient (Wildman–Crippen LogP) is 6.49. The van der Waals surface area contributed by atoms with Gasteiger partial charge >= 0.3 is 5.97 Å². The summed E-state index contributed by atoms with van der Waals surface area (Å²) in [4.78, 5) is 35.7. The highest BCUT2D eigenvalue weighted by Crippen LogP contribution is 2.40. The molecule has 8 heteroatoms. The first-order valence-corrected chi connectivity index (χ1v) is 15.0. The van der Waals surface area contributed by atoms with Crippen molar-refractivity contribution in [2.75, 3.05) is 6.61 Å². The summed E-state index contributed by atoms with van der Waals surface area (Å²) in [6, 6.07) is -0.257. The molecule has 1 aliphatic rings. The van der Waals surface area contributed by atoms with E-state index in [-0.39, 0.29) is 35.6 Å². The monoisotopic (exact) mass is 540 g/mol. The topological polar surface area (TPSA) is 110 Å². The molecule has 216 valence electrons. The molecule has 0 unspecified atom stereocenters. The highest BCUT2D eigenvalue weighted by atomic mass is 16.5. The number of carbonyl (C=O) groups excluding carboxylic acids is 1. The second-order valence-electron chi connectivity index (χ2n) is 11.0. The average molecular weight is 541 g/mol. The Morgan fingerprint density at radius 3 is 2.44 bits per heavy atom. The number of nitrogens with one attached hydrogen (secondary N) is 1. The number of esters is 1. The van der Waals surface area contributed by atoms with Gasteiger partial charge in [0.05, 0.1) is 18.5 Å². The number of ether oxygens (including phenoxy) is 1. The number of H-pyrrole nitrogens is 1. The molecule has 3 rings (SSSR count). The first-order valence-electron chi connectivity index (χ1n) is 15.0. The van der Waals surface area contributed by atoms with Crippen molar-refractivity contribution in [3.05, 3.63) is 46.8 Å². The molecule has 2 heterocycles. The maximum absolute atomic E-state index is 12.3. The molecule has 2 N–H and O–H groups in total. The minimum Gasteiger partial charge on any atom is -0.465 e. The molecule has 0 amide bonds. The second-order valence-corrected chi connectivity index (χ2v) is 11.0. The van der Waals surface area contributed by atoms with Gasteiger partial charge in [0.15, 0.2) is 11.2 Å². The van der Waals surface area contributed by atoms with Crippen LogP contribution in [0.25, 0.3) is 11.2 Å². The lowest BCUT2D eigenvalue weighted by atomic mass is 10.0. The normalized spacial score (nSPS) is 19.5. The molecule has 0 aliphatic heterocycles. The van der Waals surface area contributed by atoms with Gasteiger partial charge in [-0.1, -0.05) is 77.0 Å². The third-order valence-electron chi connectivity index (χ3n) is 7.79. The first kappa shape index (κ1) is 30.8. The van der Waals surface area contributed by atoms with Crippen LogP contribution < -0.4 is 5.56 Å². The Hall–Kier alpha value is -2.74. The van der Waals surface area contributed by atoms with Crippen LogP contribution >= 0.6 is 0 Å². The van der Waals surface area contributed by atoms with Gasteiger partial charge in [0.25, 0.3) is 5.56 Å². The molecule has 2 aromatic rings. The number of rotatable bonds is 18. The number of fused-ring (bicyclic) bond motifs is 1. The van der Waals surface area contributed by atoms with E-state index >= 15 is 0 Å². The van der Waals surface area contributed by atoms with E-state index in [1.165, 1.54) is 57.8 Å². The third kappa shape index (κ3) is 9.45. The smallest absolute Gasteiger partial charge is 0.305 e. The largest absolute Gasteiger partial charge is 0.465 e. The maximum atomic E-state index is 12.3. The Kier molecular flexibility index (Phi) is 12.9. The van der Waals surface area contributed by atoms with Gasteiger partial charge in [-0.05, 0) is 51.0 Å². The fraction of sp³-hybridized carbons (Fsp3) is 0.677. The molecule has 0 spiro atoms. The minimum absolute atomic E-state index is 0.111. The lowest BCUT2D eigenvalue weighted by Gasteiger charge is -2.17. The van der Waals surface area contributed by atoms with Gasteiger partial charge in [-0.2, -0.15) is 0 Å². The molecule has 1 fully saturated rings. The zero-order valence-corrected chi connectivity index (χ0v) is 24.0. The summed E-state index contributed by atoms with van der Waals surface area (Å²) in [5, 5.41) is 10.7. The van der Waals surface area contributed by atoms with Crippen LogP contribution in [0, 0.1) is 12.8 Å². The van der Waals surface area contributed by atoms with E-state index < -0.39 is 6.10 Å². The van der Waals surface area contributed by atoms with Crippen molar-refractivity contribution in [3.8, 4) is 0 Å². The maximum Gasteiger partial charge on any atom is 0.305 e. The zero-order chi connectivity index (χ0) is 28.0. The van der Waals surface area contributed by atoms with Crippen LogP contribution in [0.1, 0.15) is 115 Å². The van der Waals surface area contributed by atoms with Crippen LogP contribution in [0.4, 0.5) is 0 Å². The molecular formula is C31H48N4O4. The van der Waals surface area contributed by atoms with Gasteiger partial charge in [-0.15, -0.1) is 0 Å². The van der Waals surface area contributed by atoms with Gasteiger partial charge in [-0.3, -0.25) is 9.59 Å². The van der Waals surface area contributed by atoms with E-state index in [1.54, 1.807) is 17.8 Å². The summed E-state index contributed by atoms with van der Waals surface area (Å²) in [6.45, 7) is 8.26. The van der Waals surface area contributed by atoms with Crippen molar-refractivity contribution in [2.45, 2.75) is 122 Å². The van der Waals surface area contributed by atoms with Crippen molar-refractivity contribution >= 4 is 17.1 Å². The number of aliphatic hydroxyl groups is 1. The quantitative estimate of drug-likeness (QED) is 0.127. The molecule has 0 radical (unpaired) electrons. The number of hydrogen-bond donors (Lipinski definition) is 2. The molecular weight excluding hydrogens is 492 g/mol. The summed E-state index contributed by atoms with van der Waals surface area (Å²) in [5.41, 5.74) is 1.20. The number of aromatic nitrogens is 4. The van der Waals surface area contributed by atoms with E-state index in [9.17, 15) is 14.7 Å². The number of unbranched alkanes of at least 4 members (excludes halogenated alkanes) is 11. The molecule has 1 saturated carbocycles. The number of hydrogen-bond acceptors (Lipinski definition) is 6. The lowest BCUT2D eigenvalue weighted by molar-refractivity contribution is -0.145. The Balaban J connectivity index is 1.27. The Bertz CT molecular complexity index is 1140. The SMILES string of the molecule is C=C1[C@H](COC(=O)CCCCCCC/C=C\CCCCCCCC)[C@@H](O)C[C@@H]1n1cnc2c(=O)[nH]c(C)nc21. The molecule has 8 nitrogen and oxygen atoms in total. The standard InChI is InChI=1S/C31H48N4O4/c1-4-5-6-7-8-9-10-11-12-13-14-15-16-17-18-19-28(37)39-21-25-23(2)26(20-27(25)36)35-22-32-29-30(35)33-24(3)34-31(29)38/h11-12,22,25-27,36H,2,4-10,13-21H2,1,3H3,(H,33,34,38)/b12-11-/t25-,26-,27-/m0/s1. The van der Waals surface area contributed by atoms with Gasteiger partial charge in [0.2, 0.25) is 0 Å². The summed E-state index contributed by atoms with van der Waals surface area (Å²) in [5.74, 6) is -0.0823. The van der Waals surface area contributed by atoms with E-state index in [1.807, 2.05) is 0 Å². The van der Waals surface area contributed by atoms with Gasteiger partial charge in [0.1, 0.15) is 12.4 Å². The average Bonchev–Trinajstić information content (AvgIpc) is 3.45. The molecule has 0 aromatic carbocycles.